The Balaban J connectivity index is 1.29. The number of fused-ring (bicyclic) bond motifs is 2. The van der Waals surface area contributed by atoms with E-state index in [9.17, 15) is 4.79 Å². The normalized spacial score (nSPS) is 18.9. The largest absolute Gasteiger partial charge is 0.381 e. The van der Waals surface area contributed by atoms with Gasteiger partial charge < -0.3 is 19.9 Å². The number of carbonyl (C=O) groups is 1. The van der Waals surface area contributed by atoms with Gasteiger partial charge in [-0.05, 0) is 30.5 Å². The number of carbonyl (C=O) groups excluding carboxylic acids is 1. The lowest BCUT2D eigenvalue weighted by atomic mass is 10.1. The van der Waals surface area contributed by atoms with Gasteiger partial charge in [-0.25, -0.2) is 0 Å². The monoisotopic (exact) mass is 393 g/mol. The zero-order chi connectivity index (χ0) is 19.8. The molecule has 0 bridgehead atoms. The smallest absolute Gasteiger partial charge is 0.270 e. The molecule has 7 nitrogen and oxygen atoms in total. The molecule has 0 radical (unpaired) electrons. The fourth-order valence-electron chi connectivity index (χ4n) is 4.33. The fourth-order valence-corrected chi connectivity index (χ4v) is 4.33. The number of nitrogens with zero attached hydrogens (tertiary/aromatic N) is 3. The van der Waals surface area contributed by atoms with E-state index in [2.05, 4.69) is 34.5 Å². The molecule has 1 unspecified atom stereocenters. The molecular weight excluding hydrogens is 366 g/mol. The number of aromatic nitrogens is 3. The summed E-state index contributed by atoms with van der Waals surface area (Å²) >= 11 is 0. The second kappa shape index (κ2) is 7.55. The van der Waals surface area contributed by atoms with Gasteiger partial charge in [0.15, 0.2) is 0 Å². The summed E-state index contributed by atoms with van der Waals surface area (Å²) in [5.74, 6) is 1.49. The Morgan fingerprint density at radius 1 is 1.34 bits per heavy atom. The van der Waals surface area contributed by atoms with Crippen molar-refractivity contribution in [1.82, 2.24) is 19.7 Å². The Bertz CT molecular complexity index is 1030. The molecule has 2 N–H and O–H groups in total. The van der Waals surface area contributed by atoms with Crippen LogP contribution in [-0.2, 0) is 24.2 Å². The lowest BCUT2D eigenvalue weighted by molar-refractivity contribution is 0.0701. The Kier molecular flexibility index (Phi) is 4.75. The van der Waals surface area contributed by atoms with Crippen molar-refractivity contribution in [2.24, 2.45) is 5.92 Å². The number of benzene rings is 1. The summed E-state index contributed by atoms with van der Waals surface area (Å²) in [6.45, 7) is 6.67. The van der Waals surface area contributed by atoms with Gasteiger partial charge in [0.2, 0.25) is 0 Å². The molecular formula is C22H27N5O2. The van der Waals surface area contributed by atoms with Crippen LogP contribution in [0.15, 0.2) is 30.3 Å². The Morgan fingerprint density at radius 2 is 2.28 bits per heavy atom. The summed E-state index contributed by atoms with van der Waals surface area (Å²) in [6.07, 6.45) is 2.06. The standard InChI is InChI=1S/C22H27N5O2/c1-2-16-4-3-5-19-18(16)11-20(24-19)22(28)26-7-8-27-17(13-26)10-21(25-27)23-12-15-6-9-29-14-15/h3-5,10-11,15,24H,2,6-9,12-14H2,1H3,(H,23,25). The topological polar surface area (TPSA) is 75.2 Å². The van der Waals surface area contributed by atoms with Crippen LogP contribution in [0.1, 0.15) is 35.1 Å². The first-order chi connectivity index (χ1) is 14.2. The van der Waals surface area contributed by atoms with Crippen molar-refractivity contribution in [1.29, 1.82) is 0 Å². The molecule has 1 atom stereocenters. The van der Waals surface area contributed by atoms with Crippen molar-refractivity contribution in [3.8, 4) is 0 Å². The minimum atomic E-state index is 0.0494. The number of hydrogen-bond donors (Lipinski definition) is 2. The van der Waals surface area contributed by atoms with Crippen molar-refractivity contribution >= 4 is 22.6 Å². The number of rotatable bonds is 5. The summed E-state index contributed by atoms with van der Waals surface area (Å²) in [6, 6.07) is 10.3. The van der Waals surface area contributed by atoms with Gasteiger partial charge in [0.1, 0.15) is 11.5 Å². The highest BCUT2D eigenvalue weighted by Crippen LogP contribution is 2.23. The van der Waals surface area contributed by atoms with E-state index in [4.69, 9.17) is 4.74 Å². The lowest BCUT2D eigenvalue weighted by Gasteiger charge is -2.27. The maximum absolute atomic E-state index is 13.1. The molecule has 0 spiro atoms. The third-order valence-corrected chi connectivity index (χ3v) is 6.05. The molecule has 1 saturated heterocycles. The number of nitrogens with one attached hydrogen (secondary N) is 2. The molecule has 0 aliphatic carbocycles. The van der Waals surface area contributed by atoms with Gasteiger partial charge in [0.05, 0.1) is 25.4 Å². The first-order valence-corrected chi connectivity index (χ1v) is 10.5. The number of anilines is 1. The molecule has 2 aliphatic heterocycles. The van der Waals surface area contributed by atoms with E-state index < -0.39 is 0 Å². The predicted molar refractivity (Wildman–Crippen MR) is 112 cm³/mol. The molecule has 1 amide bonds. The van der Waals surface area contributed by atoms with E-state index in [-0.39, 0.29) is 5.91 Å². The van der Waals surface area contributed by atoms with Gasteiger partial charge in [-0.1, -0.05) is 19.1 Å². The fraction of sp³-hybridized carbons (Fsp3) is 0.455. The van der Waals surface area contributed by atoms with Gasteiger partial charge in [0, 0.05) is 42.6 Å². The van der Waals surface area contributed by atoms with Gasteiger partial charge in [-0.15, -0.1) is 0 Å². The number of aryl methyl sites for hydroxylation is 1. The number of amides is 1. The molecule has 4 heterocycles. The van der Waals surface area contributed by atoms with Crippen LogP contribution in [0.5, 0.6) is 0 Å². The average Bonchev–Trinajstić information content (AvgIpc) is 3.49. The highest BCUT2D eigenvalue weighted by molar-refractivity contribution is 5.98. The number of hydrogen-bond acceptors (Lipinski definition) is 4. The van der Waals surface area contributed by atoms with E-state index in [1.54, 1.807) is 0 Å². The van der Waals surface area contributed by atoms with Gasteiger partial charge in [0.25, 0.3) is 5.91 Å². The third-order valence-electron chi connectivity index (χ3n) is 6.05. The lowest BCUT2D eigenvalue weighted by Crippen LogP contribution is -2.38. The van der Waals surface area contributed by atoms with Crippen LogP contribution >= 0.6 is 0 Å². The van der Waals surface area contributed by atoms with Crippen LogP contribution in [0.4, 0.5) is 5.82 Å². The quantitative estimate of drug-likeness (QED) is 0.699. The van der Waals surface area contributed by atoms with Crippen molar-refractivity contribution < 1.29 is 9.53 Å². The third kappa shape index (κ3) is 3.51. The molecule has 7 heteroatoms. The van der Waals surface area contributed by atoms with E-state index in [0.29, 0.717) is 24.7 Å². The van der Waals surface area contributed by atoms with Crippen molar-refractivity contribution in [2.75, 3.05) is 31.6 Å². The first-order valence-electron chi connectivity index (χ1n) is 10.5. The van der Waals surface area contributed by atoms with E-state index in [0.717, 1.165) is 61.6 Å². The van der Waals surface area contributed by atoms with Gasteiger partial charge in [-0.2, -0.15) is 5.10 Å². The molecule has 2 aliphatic rings. The zero-order valence-corrected chi connectivity index (χ0v) is 16.8. The molecule has 1 fully saturated rings. The summed E-state index contributed by atoms with van der Waals surface area (Å²) in [5, 5.41) is 9.22. The van der Waals surface area contributed by atoms with Crippen LogP contribution in [0.25, 0.3) is 10.9 Å². The molecule has 152 valence electrons. The maximum atomic E-state index is 13.1. The molecule has 0 saturated carbocycles. The van der Waals surface area contributed by atoms with E-state index >= 15 is 0 Å². The number of H-pyrrole nitrogens is 1. The van der Waals surface area contributed by atoms with Crippen LogP contribution in [0, 0.1) is 5.92 Å². The van der Waals surface area contributed by atoms with Crippen molar-refractivity contribution in [3.63, 3.8) is 0 Å². The molecule has 5 rings (SSSR count). The Hall–Kier alpha value is -2.80. The van der Waals surface area contributed by atoms with Crippen LogP contribution in [-0.4, -0.2) is 51.9 Å². The van der Waals surface area contributed by atoms with Crippen LogP contribution in [0.2, 0.25) is 0 Å². The first kappa shape index (κ1) is 18.2. The summed E-state index contributed by atoms with van der Waals surface area (Å²) < 4.78 is 7.44. The van der Waals surface area contributed by atoms with Crippen molar-refractivity contribution in [2.45, 2.75) is 32.9 Å². The Morgan fingerprint density at radius 3 is 3.10 bits per heavy atom. The SMILES string of the molecule is CCc1cccc2[nH]c(C(=O)N3CCn4nc(NCC5CCOC5)cc4C3)cc12. The number of ether oxygens (including phenoxy) is 1. The molecule has 3 aromatic rings. The van der Waals surface area contributed by atoms with Crippen LogP contribution in [0.3, 0.4) is 0 Å². The highest BCUT2D eigenvalue weighted by Gasteiger charge is 2.25. The minimum Gasteiger partial charge on any atom is -0.381 e. The summed E-state index contributed by atoms with van der Waals surface area (Å²) in [7, 11) is 0. The second-order valence-electron chi connectivity index (χ2n) is 8.00. The Labute approximate surface area is 170 Å². The highest BCUT2D eigenvalue weighted by atomic mass is 16.5. The number of aromatic amines is 1. The molecule has 1 aromatic carbocycles. The van der Waals surface area contributed by atoms with Crippen LogP contribution < -0.4 is 5.32 Å². The van der Waals surface area contributed by atoms with E-state index in [1.807, 2.05) is 27.8 Å². The van der Waals surface area contributed by atoms with E-state index in [1.165, 1.54) is 5.56 Å². The summed E-state index contributed by atoms with van der Waals surface area (Å²) in [5.41, 5.74) is 4.02. The summed E-state index contributed by atoms with van der Waals surface area (Å²) in [4.78, 5) is 18.3. The average molecular weight is 393 g/mol. The zero-order valence-electron chi connectivity index (χ0n) is 16.8. The predicted octanol–water partition coefficient (Wildman–Crippen LogP) is 3.03. The molecule has 2 aromatic heterocycles. The van der Waals surface area contributed by atoms with Crippen molar-refractivity contribution in [3.05, 3.63) is 47.3 Å². The van der Waals surface area contributed by atoms with Gasteiger partial charge in [-0.3, -0.25) is 9.48 Å². The molecule has 29 heavy (non-hydrogen) atoms. The second-order valence-corrected chi connectivity index (χ2v) is 8.00. The minimum absolute atomic E-state index is 0.0494. The van der Waals surface area contributed by atoms with Gasteiger partial charge >= 0.3 is 0 Å². The maximum Gasteiger partial charge on any atom is 0.270 e.